The zero-order chi connectivity index (χ0) is 20.7. The summed E-state index contributed by atoms with van der Waals surface area (Å²) in [4.78, 5) is 22.5. The van der Waals surface area contributed by atoms with E-state index in [0.717, 1.165) is 25.1 Å². The fraction of sp³-hybridized carbons (Fsp3) is 0.389. The van der Waals surface area contributed by atoms with Crippen LogP contribution in [0.1, 0.15) is 17.7 Å². The number of amides is 2. The summed E-state index contributed by atoms with van der Waals surface area (Å²) in [7, 11) is 3.97. The fourth-order valence-corrected chi connectivity index (χ4v) is 2.36. The molecule has 0 saturated carbocycles. The molecule has 2 aromatic rings. The Bertz CT molecular complexity index is 810. The van der Waals surface area contributed by atoms with E-state index in [1.807, 2.05) is 14.1 Å². The van der Waals surface area contributed by atoms with Crippen LogP contribution in [0.15, 0.2) is 30.3 Å². The molecular formula is C18H23F3N6O. The maximum Gasteiger partial charge on any atom is 0.416 e. The van der Waals surface area contributed by atoms with Crippen molar-refractivity contribution in [1.82, 2.24) is 14.9 Å². The van der Waals surface area contributed by atoms with E-state index in [1.54, 1.807) is 13.0 Å². The largest absolute Gasteiger partial charge is 0.416 e. The topological polar surface area (TPSA) is 82.2 Å². The summed E-state index contributed by atoms with van der Waals surface area (Å²) in [5, 5.41) is 7.94. The van der Waals surface area contributed by atoms with Crippen LogP contribution >= 0.6 is 0 Å². The summed E-state index contributed by atoms with van der Waals surface area (Å²) < 4.78 is 38.3. The number of rotatable bonds is 7. The van der Waals surface area contributed by atoms with Crippen LogP contribution in [0.2, 0.25) is 0 Å². The molecule has 1 aromatic carbocycles. The van der Waals surface area contributed by atoms with Crippen molar-refractivity contribution in [3.63, 3.8) is 0 Å². The summed E-state index contributed by atoms with van der Waals surface area (Å²) >= 11 is 0. The average Bonchev–Trinajstić information content (AvgIpc) is 2.57. The maximum atomic E-state index is 12.8. The van der Waals surface area contributed by atoms with Crippen LogP contribution in [0.3, 0.4) is 0 Å². The molecule has 3 N–H and O–H groups in total. The van der Waals surface area contributed by atoms with Crippen LogP contribution in [-0.4, -0.2) is 48.1 Å². The Labute approximate surface area is 161 Å². The van der Waals surface area contributed by atoms with Gasteiger partial charge in [-0.15, -0.1) is 0 Å². The number of halogens is 3. The predicted molar refractivity (Wildman–Crippen MR) is 103 cm³/mol. The molecule has 10 heteroatoms. The van der Waals surface area contributed by atoms with Crippen LogP contribution in [0.5, 0.6) is 0 Å². The van der Waals surface area contributed by atoms with Crippen molar-refractivity contribution < 1.29 is 18.0 Å². The number of aryl methyl sites for hydroxylation is 1. The molecule has 1 aromatic heterocycles. The van der Waals surface area contributed by atoms with Crippen LogP contribution in [0.4, 0.5) is 35.4 Å². The molecule has 0 saturated heterocycles. The molecule has 0 fully saturated rings. The smallest absolute Gasteiger partial charge is 0.370 e. The Kier molecular flexibility index (Phi) is 7.16. The second-order valence-corrected chi connectivity index (χ2v) is 6.46. The third-order valence-electron chi connectivity index (χ3n) is 3.62. The molecule has 0 aliphatic rings. The third-order valence-corrected chi connectivity index (χ3v) is 3.62. The predicted octanol–water partition coefficient (Wildman–Crippen LogP) is 3.81. The van der Waals surface area contributed by atoms with E-state index in [1.165, 1.54) is 12.1 Å². The summed E-state index contributed by atoms with van der Waals surface area (Å²) in [6, 6.07) is 5.38. The van der Waals surface area contributed by atoms with Crippen LogP contribution in [0, 0.1) is 6.92 Å². The number of hydrogen-bond acceptors (Lipinski definition) is 5. The molecule has 0 bridgehead atoms. The standard InChI is InChI=1S/C18H23F3N6O/c1-12-10-15(22-8-5-9-27(2)3)25-16(23-12)26-17(28)24-14-7-4-6-13(11-14)18(19,20)21/h4,6-7,10-11H,5,8-9H2,1-3H3,(H3,22,23,24,25,26,28). The molecule has 7 nitrogen and oxygen atoms in total. The highest BCUT2D eigenvalue weighted by molar-refractivity contribution is 5.98. The van der Waals surface area contributed by atoms with Crippen molar-refractivity contribution in [2.75, 3.05) is 43.1 Å². The molecule has 0 spiro atoms. The lowest BCUT2D eigenvalue weighted by molar-refractivity contribution is -0.137. The Morgan fingerprint density at radius 1 is 1.14 bits per heavy atom. The van der Waals surface area contributed by atoms with Crippen LogP contribution in [0.25, 0.3) is 0 Å². The van der Waals surface area contributed by atoms with E-state index < -0.39 is 17.8 Å². The minimum atomic E-state index is -4.49. The van der Waals surface area contributed by atoms with Gasteiger partial charge in [-0.3, -0.25) is 5.32 Å². The molecule has 2 amide bonds. The summed E-state index contributed by atoms with van der Waals surface area (Å²) in [6.07, 6.45) is -3.57. The quantitative estimate of drug-likeness (QED) is 0.620. The number of nitrogens with zero attached hydrogens (tertiary/aromatic N) is 3. The zero-order valence-corrected chi connectivity index (χ0v) is 15.9. The number of hydrogen-bond donors (Lipinski definition) is 3. The first kappa shape index (κ1) is 21.4. The second-order valence-electron chi connectivity index (χ2n) is 6.46. The van der Waals surface area contributed by atoms with Crippen molar-refractivity contribution in [1.29, 1.82) is 0 Å². The number of carbonyl (C=O) groups is 1. The lowest BCUT2D eigenvalue weighted by Crippen LogP contribution is -2.22. The van der Waals surface area contributed by atoms with E-state index in [9.17, 15) is 18.0 Å². The van der Waals surface area contributed by atoms with E-state index >= 15 is 0 Å². The number of aromatic nitrogens is 2. The average molecular weight is 396 g/mol. The highest BCUT2D eigenvalue weighted by Crippen LogP contribution is 2.30. The van der Waals surface area contributed by atoms with Gasteiger partial charge in [0, 0.05) is 24.0 Å². The maximum absolute atomic E-state index is 12.8. The molecule has 28 heavy (non-hydrogen) atoms. The minimum Gasteiger partial charge on any atom is -0.370 e. The van der Waals surface area contributed by atoms with Gasteiger partial charge in [-0.1, -0.05) is 6.07 Å². The number of benzene rings is 1. The van der Waals surface area contributed by atoms with Gasteiger partial charge in [0.05, 0.1) is 5.56 Å². The van der Waals surface area contributed by atoms with Gasteiger partial charge in [-0.05, 0) is 52.2 Å². The molecule has 0 aliphatic carbocycles. The molecule has 1 heterocycles. The van der Waals surface area contributed by atoms with E-state index in [-0.39, 0.29) is 11.6 Å². The van der Waals surface area contributed by atoms with Crippen molar-refractivity contribution in [2.45, 2.75) is 19.5 Å². The number of alkyl halides is 3. The summed E-state index contributed by atoms with van der Waals surface area (Å²) in [6.45, 7) is 3.37. The number of anilines is 3. The molecule has 2 rings (SSSR count). The third kappa shape index (κ3) is 7.03. The van der Waals surface area contributed by atoms with Gasteiger partial charge in [0.25, 0.3) is 0 Å². The van der Waals surface area contributed by atoms with Crippen molar-refractivity contribution in [3.05, 3.63) is 41.6 Å². The van der Waals surface area contributed by atoms with Crippen molar-refractivity contribution in [3.8, 4) is 0 Å². The molecule has 0 aliphatic heterocycles. The first-order valence-electron chi connectivity index (χ1n) is 8.63. The molecule has 152 valence electrons. The van der Waals surface area contributed by atoms with Gasteiger partial charge in [0.2, 0.25) is 5.95 Å². The highest BCUT2D eigenvalue weighted by atomic mass is 19.4. The number of carbonyl (C=O) groups excluding carboxylic acids is 1. The lowest BCUT2D eigenvalue weighted by Gasteiger charge is -2.12. The SMILES string of the molecule is Cc1cc(NCCCN(C)C)nc(NC(=O)Nc2cccc(C(F)(F)F)c2)n1. The minimum absolute atomic E-state index is 0.0158. The first-order valence-corrected chi connectivity index (χ1v) is 8.63. The number of nitrogens with one attached hydrogen (secondary N) is 3. The Morgan fingerprint density at radius 3 is 2.57 bits per heavy atom. The van der Waals surface area contributed by atoms with Crippen LogP contribution in [-0.2, 0) is 6.18 Å². The van der Waals surface area contributed by atoms with Gasteiger partial charge in [-0.25, -0.2) is 9.78 Å². The lowest BCUT2D eigenvalue weighted by atomic mass is 10.2. The normalized spacial score (nSPS) is 11.4. The fourth-order valence-electron chi connectivity index (χ4n) is 2.36. The van der Waals surface area contributed by atoms with Gasteiger partial charge >= 0.3 is 12.2 Å². The van der Waals surface area contributed by atoms with E-state index in [2.05, 4.69) is 30.8 Å². The summed E-state index contributed by atoms with van der Waals surface area (Å²) in [5.41, 5.74) is -0.192. The van der Waals surface area contributed by atoms with E-state index in [0.29, 0.717) is 18.1 Å². The molecule has 0 unspecified atom stereocenters. The highest BCUT2D eigenvalue weighted by Gasteiger charge is 2.30. The first-order chi connectivity index (χ1) is 13.1. The van der Waals surface area contributed by atoms with Crippen molar-refractivity contribution in [2.24, 2.45) is 0 Å². The summed E-state index contributed by atoms with van der Waals surface area (Å²) in [5.74, 6) is 0.611. The molecule has 0 radical (unpaired) electrons. The monoisotopic (exact) mass is 396 g/mol. The molecular weight excluding hydrogens is 373 g/mol. The van der Waals surface area contributed by atoms with Gasteiger partial charge in [-0.2, -0.15) is 18.2 Å². The van der Waals surface area contributed by atoms with Gasteiger partial charge in [0.1, 0.15) is 5.82 Å². The molecule has 0 atom stereocenters. The zero-order valence-electron chi connectivity index (χ0n) is 15.9. The van der Waals surface area contributed by atoms with E-state index in [4.69, 9.17) is 0 Å². The number of urea groups is 1. The second kappa shape index (κ2) is 9.36. The Balaban J connectivity index is 1.98. The van der Waals surface area contributed by atoms with Crippen molar-refractivity contribution >= 4 is 23.5 Å². The Morgan fingerprint density at radius 2 is 1.89 bits per heavy atom. The van der Waals surface area contributed by atoms with Gasteiger partial charge in [0.15, 0.2) is 0 Å². The Hall–Kier alpha value is -2.88. The van der Waals surface area contributed by atoms with Crippen LogP contribution < -0.4 is 16.0 Å². The van der Waals surface area contributed by atoms with Gasteiger partial charge < -0.3 is 15.5 Å².